The summed E-state index contributed by atoms with van der Waals surface area (Å²) in [5, 5.41) is 3.44. The number of nitrogens with zero attached hydrogens (tertiary/aromatic N) is 3. The maximum atomic E-state index is 16.4. The third-order valence-electron chi connectivity index (χ3n) is 10.3. The molecule has 3 saturated heterocycles. The maximum absolute atomic E-state index is 16.4. The van der Waals surface area contributed by atoms with Gasteiger partial charge in [0, 0.05) is 44.9 Å². The van der Waals surface area contributed by atoms with Gasteiger partial charge in [-0.15, -0.1) is 0 Å². The van der Waals surface area contributed by atoms with Crippen molar-refractivity contribution in [2.24, 2.45) is 0 Å². The van der Waals surface area contributed by atoms with Crippen molar-refractivity contribution in [3.8, 4) is 0 Å². The smallest absolute Gasteiger partial charge is 0.151 e. The van der Waals surface area contributed by atoms with E-state index >= 15 is 13.2 Å². The molecule has 3 aliphatic heterocycles. The highest BCUT2D eigenvalue weighted by atomic mass is 28.3. The predicted octanol–water partition coefficient (Wildman–Crippen LogP) is 8.73. The van der Waals surface area contributed by atoms with Crippen LogP contribution in [0.4, 0.5) is 24.5 Å². The highest BCUT2D eigenvalue weighted by molar-refractivity contribution is 6.57. The van der Waals surface area contributed by atoms with Crippen molar-refractivity contribution in [2.75, 3.05) is 29.4 Å². The molecule has 3 aromatic rings. The van der Waals surface area contributed by atoms with Crippen molar-refractivity contribution in [1.82, 2.24) is 15.3 Å². The van der Waals surface area contributed by atoms with Gasteiger partial charge >= 0.3 is 0 Å². The molecule has 5 nitrogen and oxygen atoms in total. The van der Waals surface area contributed by atoms with Crippen LogP contribution in [0.3, 0.4) is 0 Å². The maximum Gasteiger partial charge on any atom is 0.151 e. The first-order chi connectivity index (χ1) is 21.6. The van der Waals surface area contributed by atoms with Crippen molar-refractivity contribution < 1.29 is 13.2 Å². The molecule has 0 bridgehead atoms. The van der Waals surface area contributed by atoms with E-state index in [0.29, 0.717) is 49.3 Å². The molecule has 6 rings (SSSR count). The van der Waals surface area contributed by atoms with Gasteiger partial charge in [0.25, 0.3) is 0 Å². The zero-order valence-electron chi connectivity index (χ0n) is 26.9. The molecule has 3 fully saturated rings. The number of hydrogen-bond donors (Lipinski definition) is 2. The van der Waals surface area contributed by atoms with Gasteiger partial charge in [-0.1, -0.05) is 49.9 Å². The van der Waals surface area contributed by atoms with E-state index in [4.69, 9.17) is 4.98 Å². The lowest BCUT2D eigenvalue weighted by Crippen LogP contribution is -2.46. The molecule has 9 heteroatoms. The molecule has 0 aliphatic carbocycles. The fraction of sp³-hybridized carbons (Fsp3) is 0.472. The number of hydrogen-bond acceptors (Lipinski definition) is 4. The number of halogens is 3. The Balaban J connectivity index is 1.39. The van der Waals surface area contributed by atoms with Crippen LogP contribution in [0.1, 0.15) is 79.5 Å². The highest BCUT2D eigenvalue weighted by Crippen LogP contribution is 2.52. The van der Waals surface area contributed by atoms with Crippen LogP contribution in [-0.2, 0) is 0 Å². The zero-order chi connectivity index (χ0) is 31.9. The quantitative estimate of drug-likeness (QED) is 0.193. The first-order valence-corrected chi connectivity index (χ1v) is 18.8. The van der Waals surface area contributed by atoms with Crippen LogP contribution in [0.25, 0.3) is 6.08 Å². The van der Waals surface area contributed by atoms with E-state index in [-0.39, 0.29) is 17.8 Å². The molecule has 3 aliphatic rings. The average Bonchev–Trinajstić information content (AvgIpc) is 3.77. The molecule has 45 heavy (non-hydrogen) atoms. The summed E-state index contributed by atoms with van der Waals surface area (Å²) in [6.45, 7) is 14.8. The summed E-state index contributed by atoms with van der Waals surface area (Å²) < 4.78 is 48.4. The fourth-order valence-corrected chi connectivity index (χ4v) is 9.12. The van der Waals surface area contributed by atoms with E-state index in [1.54, 1.807) is 0 Å². The lowest BCUT2D eigenvalue weighted by Gasteiger charge is -2.44. The van der Waals surface area contributed by atoms with Crippen LogP contribution >= 0.6 is 0 Å². The minimum absolute atomic E-state index is 0.0490. The molecule has 0 spiro atoms. The Morgan fingerprint density at radius 3 is 2.42 bits per heavy atom. The number of aromatic amines is 1. The summed E-state index contributed by atoms with van der Waals surface area (Å²) in [4.78, 5) is 11.9. The van der Waals surface area contributed by atoms with Crippen LogP contribution < -0.4 is 15.1 Å². The topological polar surface area (TPSA) is 47.2 Å². The number of anilines is 2. The van der Waals surface area contributed by atoms with Gasteiger partial charge in [-0.05, 0) is 82.3 Å². The Morgan fingerprint density at radius 2 is 1.80 bits per heavy atom. The standard InChI is InChI=1S/C36H45F3N5Si/c1-6-36(24(3)28(37)22-32-25(4)41-35(42-32)31-8-7-15-40-31)14-13-33(26-11-9-23(2)10-12-26)44(36)27-20-29(38)34(30(39)21-27)43-16-18-45(5)19-17-43/h9-12,20-22,31,33,40H,3,6-8,13-19H2,1-2,4-5H3,(H,41,42)/b28-22+/t31-,33+,36+/m0/s1. The average molecular weight is 633 g/mol. The van der Waals surface area contributed by atoms with Gasteiger partial charge in [0.1, 0.15) is 17.3 Å². The monoisotopic (exact) mass is 632 g/mol. The van der Waals surface area contributed by atoms with Crippen LogP contribution in [0.5, 0.6) is 0 Å². The third kappa shape index (κ3) is 6.01. The van der Waals surface area contributed by atoms with E-state index in [0.717, 1.165) is 54.1 Å². The minimum Gasteiger partial charge on any atom is -0.367 e. The first-order valence-electron chi connectivity index (χ1n) is 16.4. The summed E-state index contributed by atoms with van der Waals surface area (Å²) in [7, 11) is -0.438. The number of aryl methyl sites for hydroxylation is 2. The van der Waals surface area contributed by atoms with Gasteiger partial charge in [0.2, 0.25) is 0 Å². The second-order valence-electron chi connectivity index (χ2n) is 13.2. The molecule has 4 heterocycles. The van der Waals surface area contributed by atoms with Gasteiger partial charge in [0.05, 0.1) is 23.3 Å². The molecular weight excluding hydrogens is 588 g/mol. The number of imidazole rings is 1. The first kappa shape index (κ1) is 31.7. The Bertz CT molecular complexity index is 1550. The van der Waals surface area contributed by atoms with Gasteiger partial charge in [0.15, 0.2) is 11.6 Å². The van der Waals surface area contributed by atoms with Crippen molar-refractivity contribution >= 4 is 26.2 Å². The summed E-state index contributed by atoms with van der Waals surface area (Å²) in [5.41, 5.74) is 3.38. The second-order valence-corrected chi connectivity index (χ2v) is 16.1. The minimum atomic E-state index is -0.888. The number of H-pyrrole nitrogens is 1. The van der Waals surface area contributed by atoms with E-state index < -0.39 is 31.8 Å². The van der Waals surface area contributed by atoms with Crippen molar-refractivity contribution in [1.29, 1.82) is 0 Å². The van der Waals surface area contributed by atoms with Crippen molar-refractivity contribution in [3.05, 3.63) is 94.4 Å². The predicted molar refractivity (Wildman–Crippen MR) is 180 cm³/mol. The van der Waals surface area contributed by atoms with Crippen LogP contribution in [-0.4, -0.2) is 43.9 Å². The summed E-state index contributed by atoms with van der Waals surface area (Å²) in [6.07, 6.45) is 5.34. The van der Waals surface area contributed by atoms with Gasteiger partial charge in [-0.3, -0.25) is 0 Å². The van der Waals surface area contributed by atoms with Gasteiger partial charge in [-0.2, -0.15) is 0 Å². The summed E-state index contributed by atoms with van der Waals surface area (Å²) >= 11 is 0. The Kier molecular flexibility index (Phi) is 9.03. The number of nitrogens with one attached hydrogen (secondary N) is 2. The van der Waals surface area contributed by atoms with E-state index in [2.05, 4.69) is 47.7 Å². The van der Waals surface area contributed by atoms with Crippen LogP contribution in [0.2, 0.25) is 18.6 Å². The number of aromatic nitrogens is 2. The van der Waals surface area contributed by atoms with Crippen LogP contribution in [0.15, 0.2) is 54.4 Å². The molecule has 1 radical (unpaired) electrons. The largest absolute Gasteiger partial charge is 0.367 e. The Morgan fingerprint density at radius 1 is 1.11 bits per heavy atom. The van der Waals surface area contributed by atoms with E-state index in [9.17, 15) is 0 Å². The highest BCUT2D eigenvalue weighted by Gasteiger charge is 2.49. The van der Waals surface area contributed by atoms with Crippen molar-refractivity contribution in [3.63, 3.8) is 0 Å². The Labute approximate surface area is 267 Å². The summed E-state index contributed by atoms with van der Waals surface area (Å²) in [5.74, 6) is -0.788. The van der Waals surface area contributed by atoms with Gasteiger partial charge < -0.3 is 20.1 Å². The molecule has 2 aromatic carbocycles. The second kappa shape index (κ2) is 12.8. The SMILES string of the molecule is C=C(/C(F)=C\c1nc([C@@H]2CCCN2)[nH]c1C)[C@@]1(CC)CC[C@H](c2ccc(C)cc2)N1c1cc(F)c(N2CC[Si](C)CC2)c(F)c1. The normalized spacial score (nSPS) is 24.6. The number of benzene rings is 2. The number of rotatable bonds is 8. The van der Waals surface area contributed by atoms with Gasteiger partial charge in [-0.25, -0.2) is 18.2 Å². The molecule has 3 atom stereocenters. The van der Waals surface area contributed by atoms with Crippen LogP contribution in [0, 0.1) is 25.5 Å². The zero-order valence-corrected chi connectivity index (χ0v) is 27.9. The van der Waals surface area contributed by atoms with E-state index in [1.165, 1.54) is 18.2 Å². The lowest BCUT2D eigenvalue weighted by molar-refractivity contribution is 0.452. The molecular formula is C36H45F3N5Si. The molecule has 1 aromatic heterocycles. The third-order valence-corrected chi connectivity index (χ3v) is 12.5. The molecule has 0 saturated carbocycles. The summed E-state index contributed by atoms with van der Waals surface area (Å²) in [6, 6.07) is 13.1. The Hall–Kier alpha value is -3.30. The molecule has 0 amide bonds. The molecule has 0 unspecified atom stereocenters. The van der Waals surface area contributed by atoms with E-state index in [1.807, 2.05) is 30.6 Å². The molecule has 2 N–H and O–H groups in total. The fourth-order valence-electron chi connectivity index (χ4n) is 7.57. The van der Waals surface area contributed by atoms with Crippen molar-refractivity contribution in [2.45, 2.75) is 89.1 Å². The lowest BCUT2D eigenvalue weighted by atomic mass is 9.83. The molecule has 239 valence electrons.